The second-order valence-electron chi connectivity index (χ2n) is 4.18. The van der Waals surface area contributed by atoms with Gasteiger partial charge in [0, 0.05) is 42.8 Å². The minimum absolute atomic E-state index is 0.866. The number of nitrogens with one attached hydrogen (secondary N) is 1. The van der Waals surface area contributed by atoms with Crippen LogP contribution in [-0.2, 0) is 0 Å². The lowest BCUT2D eigenvalue weighted by Crippen LogP contribution is -2.21. The predicted octanol–water partition coefficient (Wildman–Crippen LogP) is 2.39. The average Bonchev–Trinajstić information content (AvgIpc) is 3.05. The zero-order chi connectivity index (χ0) is 11.9. The summed E-state index contributed by atoms with van der Waals surface area (Å²) in [5.41, 5.74) is 2.02. The molecule has 0 aromatic carbocycles. The Bertz CT molecular complexity index is 694. The molecule has 5 nitrogen and oxygen atoms in total. The highest BCUT2D eigenvalue weighted by molar-refractivity contribution is 5.91. The van der Waals surface area contributed by atoms with E-state index in [2.05, 4.69) is 26.0 Å². The monoisotopic (exact) mass is 237 g/mol. The highest BCUT2D eigenvalue weighted by Crippen LogP contribution is 2.33. The van der Waals surface area contributed by atoms with Crippen molar-refractivity contribution in [3.63, 3.8) is 0 Å². The third-order valence-corrected chi connectivity index (χ3v) is 3.15. The maximum absolute atomic E-state index is 4.32. The molecule has 2 aliphatic heterocycles. The van der Waals surface area contributed by atoms with Crippen LogP contribution < -0.4 is 4.90 Å². The van der Waals surface area contributed by atoms with Crippen LogP contribution in [0.5, 0.6) is 0 Å². The quantitative estimate of drug-likeness (QED) is 0.828. The zero-order valence-electron chi connectivity index (χ0n) is 9.61. The molecule has 4 heterocycles. The maximum Gasteiger partial charge on any atom is 0.139 e. The van der Waals surface area contributed by atoms with E-state index in [4.69, 9.17) is 0 Å². The fourth-order valence-corrected chi connectivity index (χ4v) is 2.34. The Kier molecular flexibility index (Phi) is 1.82. The summed E-state index contributed by atoms with van der Waals surface area (Å²) in [5, 5.41) is 7.31. The highest BCUT2D eigenvalue weighted by atomic mass is 15.5. The van der Waals surface area contributed by atoms with Gasteiger partial charge in [-0.05, 0) is 18.2 Å². The number of rotatable bonds is 1. The molecule has 0 saturated carbocycles. The number of H-pyrrole nitrogens is 1. The van der Waals surface area contributed by atoms with E-state index in [0.717, 1.165) is 29.0 Å². The number of nitrogens with zero attached hydrogens (tertiary/aromatic N) is 4. The zero-order valence-corrected chi connectivity index (χ0v) is 9.61. The molecule has 2 aliphatic rings. The van der Waals surface area contributed by atoms with Gasteiger partial charge >= 0.3 is 0 Å². The first-order valence-corrected chi connectivity index (χ1v) is 5.85. The second-order valence-corrected chi connectivity index (χ2v) is 4.18. The number of pyridine rings is 1. The molecule has 5 heteroatoms. The normalized spacial score (nSPS) is 17.4. The van der Waals surface area contributed by atoms with Crippen LogP contribution in [-0.4, -0.2) is 21.2 Å². The molecule has 2 aromatic rings. The van der Waals surface area contributed by atoms with Crippen molar-refractivity contribution in [1.29, 1.82) is 0 Å². The molecule has 2 aromatic heterocycles. The van der Waals surface area contributed by atoms with Crippen molar-refractivity contribution < 1.29 is 0 Å². The van der Waals surface area contributed by atoms with Crippen LogP contribution in [0.25, 0.3) is 11.0 Å². The molecule has 0 radical (unpaired) electrons. The molecule has 0 unspecified atom stereocenters. The summed E-state index contributed by atoms with van der Waals surface area (Å²) in [7, 11) is 0. The third kappa shape index (κ3) is 1.21. The van der Waals surface area contributed by atoms with Gasteiger partial charge in [0.2, 0.25) is 0 Å². The van der Waals surface area contributed by atoms with Gasteiger partial charge in [-0.3, -0.25) is 4.90 Å². The summed E-state index contributed by atoms with van der Waals surface area (Å²) in [6.07, 6.45) is 12.6. The van der Waals surface area contributed by atoms with E-state index in [1.54, 1.807) is 0 Å². The summed E-state index contributed by atoms with van der Waals surface area (Å²) in [4.78, 5) is 9.57. The molecule has 0 aliphatic carbocycles. The van der Waals surface area contributed by atoms with Crippen LogP contribution in [0.4, 0.5) is 5.69 Å². The van der Waals surface area contributed by atoms with Crippen LogP contribution in [0.15, 0.2) is 53.9 Å². The molecule has 4 rings (SSSR count). The lowest BCUT2D eigenvalue weighted by molar-refractivity contribution is 0.504. The molecular formula is C13H11N5. The molecule has 88 valence electrons. The Morgan fingerprint density at radius 2 is 2.22 bits per heavy atom. The van der Waals surface area contributed by atoms with Gasteiger partial charge in [-0.15, -0.1) is 0 Å². The highest BCUT2D eigenvalue weighted by Gasteiger charge is 2.23. The first-order chi connectivity index (χ1) is 8.93. The SMILES string of the molecule is C1=CN(c2ccnc3[nH]ccc23)C2=CCC=NN12. The van der Waals surface area contributed by atoms with E-state index >= 15 is 0 Å². The van der Waals surface area contributed by atoms with E-state index in [1.165, 1.54) is 0 Å². The van der Waals surface area contributed by atoms with Crippen LogP contribution >= 0.6 is 0 Å². The summed E-state index contributed by atoms with van der Waals surface area (Å²) in [6.45, 7) is 0. The van der Waals surface area contributed by atoms with Crippen molar-refractivity contribution in [2.24, 2.45) is 5.10 Å². The number of hydrogen-bond donors (Lipinski definition) is 1. The number of aromatic amines is 1. The summed E-state index contributed by atoms with van der Waals surface area (Å²) >= 11 is 0. The van der Waals surface area contributed by atoms with Gasteiger partial charge in [-0.25, -0.2) is 9.99 Å². The minimum Gasteiger partial charge on any atom is -0.346 e. The Hall–Kier alpha value is -2.56. The first kappa shape index (κ1) is 9.47. The summed E-state index contributed by atoms with van der Waals surface area (Å²) in [5.74, 6) is 1.08. The second kappa shape index (κ2) is 3.46. The van der Waals surface area contributed by atoms with Crippen molar-refractivity contribution in [3.8, 4) is 0 Å². The van der Waals surface area contributed by atoms with Gasteiger partial charge in [0.1, 0.15) is 11.5 Å². The Morgan fingerprint density at radius 1 is 1.22 bits per heavy atom. The van der Waals surface area contributed by atoms with Gasteiger partial charge in [-0.1, -0.05) is 0 Å². The number of hydrazone groups is 1. The van der Waals surface area contributed by atoms with Crippen molar-refractivity contribution in [1.82, 2.24) is 15.0 Å². The van der Waals surface area contributed by atoms with Crippen molar-refractivity contribution in [2.75, 3.05) is 4.90 Å². The van der Waals surface area contributed by atoms with E-state index in [0.29, 0.717) is 0 Å². The minimum atomic E-state index is 0.866. The number of hydrogen-bond acceptors (Lipinski definition) is 4. The predicted molar refractivity (Wildman–Crippen MR) is 70.7 cm³/mol. The summed E-state index contributed by atoms with van der Waals surface area (Å²) < 4.78 is 0. The van der Waals surface area contributed by atoms with Gasteiger partial charge in [0.25, 0.3) is 0 Å². The van der Waals surface area contributed by atoms with Gasteiger partial charge in [0.15, 0.2) is 0 Å². The van der Waals surface area contributed by atoms with Crippen molar-refractivity contribution in [2.45, 2.75) is 6.42 Å². The van der Waals surface area contributed by atoms with Gasteiger partial charge in [-0.2, -0.15) is 5.10 Å². The lowest BCUT2D eigenvalue weighted by atomic mass is 10.2. The van der Waals surface area contributed by atoms with E-state index in [9.17, 15) is 0 Å². The number of allylic oxidation sites excluding steroid dienone is 1. The Balaban J connectivity index is 1.87. The Labute approximate surface area is 104 Å². The standard InChI is InChI=1S/C13H11N5/c1-2-12-17(8-9-18(12)16-5-1)11-4-7-15-13-10(11)3-6-14-13/h2-9H,1H2,(H,14,15). The first-order valence-electron chi connectivity index (χ1n) is 5.85. The third-order valence-electron chi connectivity index (χ3n) is 3.15. The van der Waals surface area contributed by atoms with Crippen molar-refractivity contribution >= 4 is 22.9 Å². The van der Waals surface area contributed by atoms with Gasteiger partial charge in [0.05, 0.1) is 5.69 Å². The lowest BCUT2D eigenvalue weighted by Gasteiger charge is -2.24. The molecule has 0 saturated heterocycles. The molecule has 0 spiro atoms. The largest absolute Gasteiger partial charge is 0.346 e. The molecule has 1 N–H and O–H groups in total. The van der Waals surface area contributed by atoms with Crippen molar-refractivity contribution in [3.05, 3.63) is 48.8 Å². The van der Waals surface area contributed by atoms with Crippen LogP contribution in [0, 0.1) is 0 Å². The molecule has 0 fully saturated rings. The summed E-state index contributed by atoms with van der Waals surface area (Å²) in [6, 6.07) is 4.06. The topological polar surface area (TPSA) is 47.5 Å². The number of fused-ring (bicyclic) bond motifs is 2. The fraction of sp³-hybridized carbons (Fsp3) is 0.0769. The van der Waals surface area contributed by atoms with E-state index in [1.807, 2.05) is 48.1 Å². The Morgan fingerprint density at radius 3 is 3.22 bits per heavy atom. The van der Waals surface area contributed by atoms with Gasteiger partial charge < -0.3 is 4.98 Å². The molecular weight excluding hydrogens is 226 g/mol. The number of aromatic nitrogens is 2. The maximum atomic E-state index is 4.32. The van der Waals surface area contributed by atoms with E-state index < -0.39 is 0 Å². The molecule has 0 amide bonds. The van der Waals surface area contributed by atoms with Crippen LogP contribution in [0.1, 0.15) is 6.42 Å². The molecule has 0 bridgehead atoms. The van der Waals surface area contributed by atoms with Crippen LogP contribution in [0.3, 0.4) is 0 Å². The molecule has 0 atom stereocenters. The fourth-order valence-electron chi connectivity index (χ4n) is 2.34. The molecule has 18 heavy (non-hydrogen) atoms. The van der Waals surface area contributed by atoms with Crippen LogP contribution in [0.2, 0.25) is 0 Å². The average molecular weight is 237 g/mol. The number of anilines is 1. The van der Waals surface area contributed by atoms with E-state index in [-0.39, 0.29) is 0 Å². The smallest absolute Gasteiger partial charge is 0.139 e.